The van der Waals surface area contributed by atoms with E-state index in [-0.39, 0.29) is 0 Å². The highest BCUT2D eigenvalue weighted by Gasteiger charge is 2.23. The van der Waals surface area contributed by atoms with Crippen LogP contribution in [-0.2, 0) is 0 Å². The largest absolute Gasteiger partial charge is 0.456 e. The van der Waals surface area contributed by atoms with Gasteiger partial charge in [0.2, 0.25) is 0 Å². The molecule has 0 aliphatic carbocycles. The van der Waals surface area contributed by atoms with E-state index in [0.717, 1.165) is 105 Å². The summed E-state index contributed by atoms with van der Waals surface area (Å²) < 4.78 is 19.6. The van der Waals surface area contributed by atoms with Gasteiger partial charge in [-0.05, 0) is 60.2 Å². The maximum atomic E-state index is 6.76. The molecule has 0 spiro atoms. The summed E-state index contributed by atoms with van der Waals surface area (Å²) in [7, 11) is 0. The smallest absolute Gasteiger partial charge is 0.164 e. The van der Waals surface area contributed by atoms with Crippen molar-refractivity contribution in [3.63, 3.8) is 0 Å². The summed E-state index contributed by atoms with van der Waals surface area (Å²) in [4.78, 5) is 19.9. The number of para-hydroxylation sites is 4. The molecule has 5 heterocycles. The summed E-state index contributed by atoms with van der Waals surface area (Å²) in [6, 6.07) is 53.2. The molecule has 57 heavy (non-hydrogen) atoms. The monoisotopic (exact) mass is 732 g/mol. The van der Waals surface area contributed by atoms with Crippen molar-refractivity contribution in [2.24, 2.45) is 0 Å². The molecule has 7 nitrogen and oxygen atoms in total. The third kappa shape index (κ3) is 4.99. The number of nitrogens with zero attached hydrogens (tertiary/aromatic N) is 4. The minimum Gasteiger partial charge on any atom is -0.456 e. The zero-order valence-electron chi connectivity index (χ0n) is 30.2. The van der Waals surface area contributed by atoms with Gasteiger partial charge in [-0.2, -0.15) is 0 Å². The molecule has 0 saturated heterocycles. The number of aromatic nitrogens is 4. The van der Waals surface area contributed by atoms with Gasteiger partial charge in [-0.1, -0.05) is 103 Å². The molecule has 0 N–H and O–H groups in total. The van der Waals surface area contributed by atoms with Crippen molar-refractivity contribution in [1.29, 1.82) is 0 Å². The highest BCUT2D eigenvalue weighted by Crippen LogP contribution is 2.44. The second-order valence-corrected chi connectivity index (χ2v) is 14.2. The van der Waals surface area contributed by atoms with Crippen LogP contribution in [0.25, 0.3) is 122 Å². The molecule has 12 aromatic rings. The Bertz CT molecular complexity index is 3540. The van der Waals surface area contributed by atoms with E-state index in [1.54, 1.807) is 6.20 Å². The lowest BCUT2D eigenvalue weighted by Gasteiger charge is -2.11. The average Bonchev–Trinajstić information content (AvgIpc) is 3.98. The zero-order valence-corrected chi connectivity index (χ0v) is 30.2. The quantitative estimate of drug-likeness (QED) is 0.174. The number of rotatable bonds is 5. The van der Waals surface area contributed by atoms with Gasteiger partial charge < -0.3 is 13.3 Å². The molecular weight excluding hydrogens is 705 g/mol. The Labute approximate surface area is 324 Å². The van der Waals surface area contributed by atoms with Crippen LogP contribution in [0.2, 0.25) is 0 Å². The van der Waals surface area contributed by atoms with Crippen LogP contribution in [0.1, 0.15) is 0 Å². The standard InChI is InChI=1S/C50H28N4O3/c1-4-18-41-33(13-1)35-22-21-31(27-44(35)55-41)49-52-48(30-11-7-10-29(26-30)32-12-9-25-51-28-32)53-50(54-49)40-24-23-38(47-45(40)39-15-3-6-20-43(39)57-47)37-17-8-16-36-34-14-2-5-19-42(34)56-46(36)37/h1-28H. The lowest BCUT2D eigenvalue weighted by atomic mass is 9.96. The average molecular weight is 733 g/mol. The van der Waals surface area contributed by atoms with Crippen LogP contribution in [0.4, 0.5) is 0 Å². The Morgan fingerprint density at radius 3 is 1.72 bits per heavy atom. The Morgan fingerprint density at radius 2 is 0.912 bits per heavy atom. The molecule has 0 radical (unpaired) electrons. The fraction of sp³-hybridized carbons (Fsp3) is 0. The molecule has 0 atom stereocenters. The first-order valence-corrected chi connectivity index (χ1v) is 18.8. The maximum absolute atomic E-state index is 6.76. The maximum Gasteiger partial charge on any atom is 0.164 e. The second kappa shape index (κ2) is 12.3. The van der Waals surface area contributed by atoms with Gasteiger partial charge in [-0.15, -0.1) is 0 Å². The van der Waals surface area contributed by atoms with Gasteiger partial charge in [0.1, 0.15) is 33.5 Å². The number of benzene rings is 7. The van der Waals surface area contributed by atoms with E-state index in [1.165, 1.54) is 0 Å². The number of fused-ring (bicyclic) bond motifs is 9. The van der Waals surface area contributed by atoms with Crippen molar-refractivity contribution in [2.75, 3.05) is 0 Å². The number of pyridine rings is 1. The first-order chi connectivity index (χ1) is 28.2. The Morgan fingerprint density at radius 1 is 0.333 bits per heavy atom. The SMILES string of the molecule is c1cncc(-c2cccc(-c3nc(-c4ccc5c(c4)oc4ccccc45)nc(-c4ccc(-c5cccc6c5oc5ccccc56)c5oc6ccccc6c45)n3)c2)c1. The predicted octanol–water partition coefficient (Wildman–Crippen LogP) is 13.3. The van der Waals surface area contributed by atoms with Gasteiger partial charge >= 0.3 is 0 Å². The van der Waals surface area contributed by atoms with Crippen LogP contribution >= 0.6 is 0 Å². The molecule has 0 amide bonds. The highest BCUT2D eigenvalue weighted by molar-refractivity contribution is 6.18. The summed E-state index contributed by atoms with van der Waals surface area (Å²) in [6.45, 7) is 0. The fourth-order valence-corrected chi connectivity index (χ4v) is 8.18. The molecular formula is C50H28N4O3. The normalized spacial score (nSPS) is 11.9. The fourth-order valence-electron chi connectivity index (χ4n) is 8.18. The number of furan rings is 3. The minimum atomic E-state index is 0.525. The zero-order chi connectivity index (χ0) is 37.5. The molecule has 5 aromatic heterocycles. The topological polar surface area (TPSA) is 91.0 Å². The van der Waals surface area contributed by atoms with Crippen molar-refractivity contribution in [1.82, 2.24) is 19.9 Å². The highest BCUT2D eigenvalue weighted by atomic mass is 16.3. The van der Waals surface area contributed by atoms with Gasteiger partial charge in [0, 0.05) is 78.1 Å². The van der Waals surface area contributed by atoms with Crippen LogP contribution in [0, 0.1) is 0 Å². The molecule has 0 aliphatic heterocycles. The summed E-state index contributed by atoms with van der Waals surface area (Å²) in [5.41, 5.74) is 11.1. The summed E-state index contributed by atoms with van der Waals surface area (Å²) in [6.07, 6.45) is 3.64. The van der Waals surface area contributed by atoms with Gasteiger partial charge in [0.15, 0.2) is 17.5 Å². The first-order valence-electron chi connectivity index (χ1n) is 18.8. The van der Waals surface area contributed by atoms with Crippen LogP contribution in [-0.4, -0.2) is 19.9 Å². The lowest BCUT2D eigenvalue weighted by molar-refractivity contribution is 0.665. The molecule has 0 saturated carbocycles. The van der Waals surface area contributed by atoms with E-state index < -0.39 is 0 Å². The molecule has 0 fully saturated rings. The Kier molecular flexibility index (Phi) is 6.79. The van der Waals surface area contributed by atoms with Gasteiger partial charge in [0.05, 0.1) is 0 Å². The molecule has 12 rings (SSSR count). The van der Waals surface area contributed by atoms with Crippen molar-refractivity contribution < 1.29 is 13.3 Å². The summed E-state index contributed by atoms with van der Waals surface area (Å²) >= 11 is 0. The molecule has 266 valence electrons. The molecule has 0 unspecified atom stereocenters. The van der Waals surface area contributed by atoms with Crippen LogP contribution in [0.3, 0.4) is 0 Å². The van der Waals surface area contributed by atoms with Crippen LogP contribution in [0.15, 0.2) is 183 Å². The van der Waals surface area contributed by atoms with E-state index in [9.17, 15) is 0 Å². The first kappa shape index (κ1) is 31.5. The van der Waals surface area contributed by atoms with Crippen LogP contribution < -0.4 is 0 Å². The summed E-state index contributed by atoms with van der Waals surface area (Å²) in [5.74, 6) is 1.60. The lowest BCUT2D eigenvalue weighted by Crippen LogP contribution is -2.01. The van der Waals surface area contributed by atoms with E-state index in [4.69, 9.17) is 28.2 Å². The third-order valence-electron chi connectivity index (χ3n) is 10.8. The molecule has 0 aliphatic rings. The third-order valence-corrected chi connectivity index (χ3v) is 10.8. The number of hydrogen-bond acceptors (Lipinski definition) is 7. The van der Waals surface area contributed by atoms with E-state index >= 15 is 0 Å². The molecule has 0 bridgehead atoms. The van der Waals surface area contributed by atoms with Gasteiger partial charge in [-0.3, -0.25) is 4.98 Å². The minimum absolute atomic E-state index is 0.525. The molecule has 7 heteroatoms. The summed E-state index contributed by atoms with van der Waals surface area (Å²) in [5, 5.41) is 6.11. The van der Waals surface area contributed by atoms with Crippen molar-refractivity contribution in [2.45, 2.75) is 0 Å². The second-order valence-electron chi connectivity index (χ2n) is 14.2. The molecule has 7 aromatic carbocycles. The van der Waals surface area contributed by atoms with E-state index in [1.807, 2.05) is 91.1 Å². The van der Waals surface area contributed by atoms with E-state index in [0.29, 0.717) is 17.5 Å². The van der Waals surface area contributed by atoms with Crippen molar-refractivity contribution >= 4 is 65.8 Å². The number of hydrogen-bond donors (Lipinski definition) is 0. The van der Waals surface area contributed by atoms with Crippen LogP contribution in [0.5, 0.6) is 0 Å². The Balaban J connectivity index is 1.11. The van der Waals surface area contributed by atoms with Crippen molar-refractivity contribution in [3.05, 3.63) is 170 Å². The Hall–Kier alpha value is -7.90. The van der Waals surface area contributed by atoms with Crippen molar-refractivity contribution in [3.8, 4) is 56.4 Å². The van der Waals surface area contributed by atoms with Gasteiger partial charge in [0.25, 0.3) is 0 Å². The predicted molar refractivity (Wildman–Crippen MR) is 227 cm³/mol. The van der Waals surface area contributed by atoms with E-state index in [2.05, 4.69) is 77.8 Å². The van der Waals surface area contributed by atoms with Gasteiger partial charge in [-0.25, -0.2) is 15.0 Å².